The van der Waals surface area contributed by atoms with Gasteiger partial charge < -0.3 is 9.97 Å². The topological polar surface area (TPSA) is 54.0 Å². The van der Waals surface area contributed by atoms with Gasteiger partial charge >= 0.3 is 20.4 Å². The largest absolute Gasteiger partial charge is 2.00 e. The van der Waals surface area contributed by atoms with Crippen LogP contribution in [0, 0.1) is 13.8 Å². The second-order valence-corrected chi connectivity index (χ2v) is 9.93. The van der Waals surface area contributed by atoms with Crippen molar-refractivity contribution in [3.63, 3.8) is 0 Å². The smallest absolute Gasteiger partial charge is 0.657 e. The molecule has 3 aromatic rings. The molecule has 0 spiro atoms. The van der Waals surface area contributed by atoms with Crippen LogP contribution in [0.25, 0.3) is 44.4 Å². The van der Waals surface area contributed by atoms with E-state index in [4.69, 9.17) is 19.9 Å². The molecule has 5 heterocycles. The average molecular weight is 583 g/mol. The number of hydrogen-bond donors (Lipinski definition) is 0. The summed E-state index contributed by atoms with van der Waals surface area (Å²) in [6, 6.07) is 8.72. The zero-order valence-corrected chi connectivity index (χ0v) is 24.8. The predicted octanol–water partition coefficient (Wildman–Crippen LogP) is 7.99. The molecule has 2 aliphatic heterocycles. The molecule has 0 unspecified atom stereocenters. The van der Waals surface area contributed by atoms with Crippen LogP contribution in [0.15, 0.2) is 24.3 Å². The Morgan fingerprint density at radius 3 is 1.41 bits per heavy atom. The van der Waals surface area contributed by atoms with Gasteiger partial charge in [-0.25, -0.2) is 9.97 Å². The molecule has 4 nitrogen and oxygen atoms in total. The van der Waals surface area contributed by atoms with Crippen LogP contribution in [-0.2, 0) is 33.3 Å². The molecule has 0 N–H and O–H groups in total. The Hall–Kier alpha value is -2.74. The second kappa shape index (κ2) is 10.6. The fourth-order valence-electron chi connectivity index (χ4n) is 5.85. The molecule has 0 fully saturated rings. The first-order valence-electron chi connectivity index (χ1n) is 13.3. The summed E-state index contributed by atoms with van der Waals surface area (Å²) in [7, 11) is 0. The van der Waals surface area contributed by atoms with Crippen molar-refractivity contribution in [3.05, 3.63) is 69.3 Å². The van der Waals surface area contributed by atoms with Crippen molar-refractivity contribution < 1.29 is 20.4 Å². The van der Waals surface area contributed by atoms with E-state index in [9.17, 15) is 0 Å². The molecule has 194 valence electrons. The molecule has 8 bridgehead atoms. The van der Waals surface area contributed by atoms with E-state index in [0.29, 0.717) is 0 Å². The van der Waals surface area contributed by atoms with Crippen LogP contribution in [0.4, 0.5) is 0 Å². The standard InChI is InChI=1S/C32H36N4.Pd/c1-9-21-17(5)25-14-30-23(11-3)19(7)27(35-30)16-32-24(12-4)20(8)28(36-32)15-31-22(10-2)18(6)26(34-31)13-29(21)33-25;/h13-16H,9-12H2,1-8H3;/q-2;+2. The number of allylic oxidation sites excluding steroid dienone is 4. The van der Waals surface area contributed by atoms with Crippen molar-refractivity contribution in [2.45, 2.75) is 81.1 Å². The monoisotopic (exact) mass is 582 g/mol. The van der Waals surface area contributed by atoms with Crippen molar-refractivity contribution in [2.75, 3.05) is 0 Å². The molecule has 0 saturated heterocycles. The molecule has 0 atom stereocenters. The third kappa shape index (κ3) is 4.47. The van der Waals surface area contributed by atoms with Gasteiger partial charge in [-0.05, 0) is 81.7 Å². The normalized spacial score (nSPS) is 13.4. The number of aryl methyl sites for hydroxylation is 4. The molecule has 37 heavy (non-hydrogen) atoms. The van der Waals surface area contributed by atoms with Crippen LogP contribution >= 0.6 is 0 Å². The molecule has 0 aliphatic carbocycles. The molecule has 2 aliphatic rings. The van der Waals surface area contributed by atoms with Crippen LogP contribution in [-0.4, -0.2) is 9.97 Å². The van der Waals surface area contributed by atoms with Gasteiger partial charge in [0.2, 0.25) is 0 Å². The summed E-state index contributed by atoms with van der Waals surface area (Å²) < 4.78 is 0. The number of hydrogen-bond acceptors (Lipinski definition) is 2. The van der Waals surface area contributed by atoms with Crippen molar-refractivity contribution >= 4 is 44.4 Å². The fraction of sp³-hybridized carbons (Fsp3) is 0.375. The van der Waals surface area contributed by atoms with E-state index >= 15 is 0 Å². The SMILES string of the molecule is CCC1=C(C)c2cc3[n-]c(cc4[n-]c(cc5nc(cc1n2)C(C)=C5CC)c(C)c4CC)c(C)c3CC.[Pd+2]. The van der Waals surface area contributed by atoms with Gasteiger partial charge in [-0.2, -0.15) is 0 Å². The Morgan fingerprint density at radius 1 is 0.514 bits per heavy atom. The summed E-state index contributed by atoms with van der Waals surface area (Å²) in [4.78, 5) is 20.4. The molecular weight excluding hydrogens is 547 g/mol. The molecule has 0 amide bonds. The number of nitrogens with zero attached hydrogens (tertiary/aromatic N) is 4. The maximum Gasteiger partial charge on any atom is 2.00 e. The average Bonchev–Trinajstić information content (AvgIpc) is 3.51. The molecule has 5 rings (SSSR count). The zero-order chi connectivity index (χ0) is 25.7. The molecule has 3 aromatic heterocycles. The van der Waals surface area contributed by atoms with E-state index in [1.54, 1.807) is 0 Å². The van der Waals surface area contributed by atoms with Crippen LogP contribution in [0.3, 0.4) is 0 Å². The Morgan fingerprint density at radius 2 is 0.919 bits per heavy atom. The molecule has 5 heteroatoms. The number of aromatic nitrogens is 4. The van der Waals surface area contributed by atoms with Crippen molar-refractivity contribution in [1.29, 1.82) is 0 Å². The summed E-state index contributed by atoms with van der Waals surface area (Å²) >= 11 is 0. The Kier molecular flexibility index (Phi) is 7.79. The maximum atomic E-state index is 5.11. The minimum atomic E-state index is 0. The first kappa shape index (κ1) is 27.3. The minimum absolute atomic E-state index is 0. The number of fused-ring (bicyclic) bond motifs is 8. The predicted molar refractivity (Wildman–Crippen MR) is 153 cm³/mol. The van der Waals surface area contributed by atoms with Gasteiger partial charge in [0.1, 0.15) is 0 Å². The Labute approximate surface area is 234 Å². The summed E-state index contributed by atoms with van der Waals surface area (Å²) in [5, 5.41) is 0. The number of rotatable bonds is 4. The maximum absolute atomic E-state index is 5.11. The van der Waals surface area contributed by atoms with E-state index in [2.05, 4.69) is 79.7 Å². The first-order valence-corrected chi connectivity index (χ1v) is 13.3. The van der Waals surface area contributed by atoms with Gasteiger partial charge in [0.25, 0.3) is 0 Å². The third-order valence-electron chi connectivity index (χ3n) is 8.06. The van der Waals surface area contributed by atoms with Crippen LogP contribution in [0.2, 0.25) is 0 Å². The molecule has 0 aromatic carbocycles. The molecule has 0 radical (unpaired) electrons. The Balaban J connectivity index is 0.00000320. The van der Waals surface area contributed by atoms with Crippen LogP contribution in [0.1, 0.15) is 99.4 Å². The van der Waals surface area contributed by atoms with E-state index in [1.165, 1.54) is 44.5 Å². The van der Waals surface area contributed by atoms with Gasteiger partial charge in [0, 0.05) is 0 Å². The fourth-order valence-corrected chi connectivity index (χ4v) is 5.85. The first-order chi connectivity index (χ1) is 17.3. The van der Waals surface area contributed by atoms with Crippen LogP contribution in [0.5, 0.6) is 0 Å². The third-order valence-corrected chi connectivity index (χ3v) is 8.06. The van der Waals surface area contributed by atoms with E-state index in [-0.39, 0.29) is 20.4 Å². The van der Waals surface area contributed by atoms with Gasteiger partial charge in [-0.15, -0.1) is 22.1 Å². The van der Waals surface area contributed by atoms with Crippen LogP contribution < -0.4 is 9.97 Å². The van der Waals surface area contributed by atoms with Gasteiger partial charge in [-0.3, -0.25) is 0 Å². The van der Waals surface area contributed by atoms with Gasteiger partial charge in [0.05, 0.1) is 22.8 Å². The molecular formula is C32H36N4Pd. The quantitative estimate of drug-likeness (QED) is 0.293. The minimum Gasteiger partial charge on any atom is -0.657 e. The zero-order valence-electron chi connectivity index (χ0n) is 23.2. The van der Waals surface area contributed by atoms with Gasteiger partial charge in [0.15, 0.2) is 0 Å². The van der Waals surface area contributed by atoms with Gasteiger partial charge in [-0.1, -0.05) is 68.1 Å². The Bertz CT molecular complexity index is 1610. The van der Waals surface area contributed by atoms with E-state index < -0.39 is 0 Å². The molecule has 0 saturated carbocycles. The van der Waals surface area contributed by atoms with Crippen molar-refractivity contribution in [3.8, 4) is 0 Å². The van der Waals surface area contributed by atoms with Crippen molar-refractivity contribution in [1.82, 2.24) is 19.9 Å². The van der Waals surface area contributed by atoms with E-state index in [0.717, 1.165) is 70.5 Å². The summed E-state index contributed by atoms with van der Waals surface area (Å²) in [6.07, 6.45) is 3.74. The summed E-state index contributed by atoms with van der Waals surface area (Å²) in [5.41, 5.74) is 18.2. The summed E-state index contributed by atoms with van der Waals surface area (Å²) in [5.74, 6) is 0. The van der Waals surface area contributed by atoms with E-state index in [1.807, 2.05) is 0 Å². The second-order valence-electron chi connectivity index (χ2n) is 9.93. The van der Waals surface area contributed by atoms with Crippen molar-refractivity contribution in [2.24, 2.45) is 0 Å². The summed E-state index contributed by atoms with van der Waals surface area (Å²) in [6.45, 7) is 17.6.